The van der Waals surface area contributed by atoms with Crippen molar-refractivity contribution in [1.29, 1.82) is 0 Å². The second-order valence-electron chi connectivity index (χ2n) is 12.7. The molecule has 2 atom stereocenters. The van der Waals surface area contributed by atoms with Gasteiger partial charge >= 0.3 is 12.1 Å². The molecule has 14 nitrogen and oxygen atoms in total. The van der Waals surface area contributed by atoms with Gasteiger partial charge in [-0.05, 0) is 45.9 Å². The van der Waals surface area contributed by atoms with E-state index < -0.39 is 24.0 Å². The summed E-state index contributed by atoms with van der Waals surface area (Å²) >= 11 is 5.80. The van der Waals surface area contributed by atoms with Crippen molar-refractivity contribution >= 4 is 35.3 Å². The molecule has 3 rings (SSSR count). The minimum absolute atomic E-state index is 0.0126. The monoisotopic (exact) mass is 716 g/mol. The summed E-state index contributed by atoms with van der Waals surface area (Å²) in [7, 11) is 0. The molecule has 2 heterocycles. The molecule has 0 aromatic heterocycles. The lowest BCUT2D eigenvalue weighted by atomic mass is 10.0. The van der Waals surface area contributed by atoms with Crippen molar-refractivity contribution in [2.75, 3.05) is 111 Å². The first kappa shape index (κ1) is 40.6. The van der Waals surface area contributed by atoms with E-state index in [4.69, 9.17) is 35.3 Å². The Balaban J connectivity index is 1.44. The highest BCUT2D eigenvalue weighted by molar-refractivity contribution is 6.30. The topological polar surface area (TPSA) is 143 Å². The van der Waals surface area contributed by atoms with Crippen LogP contribution in [0.5, 0.6) is 0 Å². The maximum Gasteiger partial charge on any atom is 0.407 e. The summed E-state index contributed by atoms with van der Waals surface area (Å²) in [5.41, 5.74) is 0.184. The summed E-state index contributed by atoms with van der Waals surface area (Å²) in [6.07, 6.45) is -0.330. The molecular formula is C33H54ClFN6O8. The Morgan fingerprint density at radius 2 is 1.61 bits per heavy atom. The number of halogens is 2. The first-order valence-corrected chi connectivity index (χ1v) is 17.4. The number of nitrogens with zero attached hydrogens (tertiary/aromatic N) is 3. The van der Waals surface area contributed by atoms with E-state index in [-0.39, 0.29) is 67.5 Å². The van der Waals surface area contributed by atoms with Gasteiger partial charge in [-0.15, -0.1) is 0 Å². The maximum atomic E-state index is 14.0. The van der Waals surface area contributed by atoms with Crippen molar-refractivity contribution in [3.05, 3.63) is 29.0 Å². The van der Waals surface area contributed by atoms with Crippen molar-refractivity contribution in [1.82, 2.24) is 25.3 Å². The van der Waals surface area contributed by atoms with Crippen LogP contribution in [0.1, 0.15) is 34.1 Å². The van der Waals surface area contributed by atoms with Gasteiger partial charge in [-0.1, -0.05) is 11.6 Å². The lowest BCUT2D eigenvalue weighted by molar-refractivity contribution is -0.137. The van der Waals surface area contributed by atoms with Crippen LogP contribution >= 0.6 is 11.6 Å². The number of anilines is 1. The van der Waals surface area contributed by atoms with Gasteiger partial charge in [0.25, 0.3) is 0 Å². The number of piperazine rings is 2. The average molecular weight is 717 g/mol. The van der Waals surface area contributed by atoms with Crippen molar-refractivity contribution in [2.45, 2.75) is 51.7 Å². The molecule has 1 aromatic carbocycles. The third kappa shape index (κ3) is 14.5. The van der Waals surface area contributed by atoms with Crippen molar-refractivity contribution < 1.29 is 42.5 Å². The summed E-state index contributed by atoms with van der Waals surface area (Å²) < 4.78 is 40.9. The first-order chi connectivity index (χ1) is 23.5. The molecule has 0 radical (unpaired) electrons. The van der Waals surface area contributed by atoms with Gasteiger partial charge in [-0.2, -0.15) is 0 Å². The zero-order valence-corrected chi connectivity index (χ0v) is 30.0. The molecule has 49 heavy (non-hydrogen) atoms. The number of carbonyl (C=O) groups excluding carboxylic acids is 3. The zero-order chi connectivity index (χ0) is 35.6. The number of amides is 4. The van der Waals surface area contributed by atoms with Gasteiger partial charge in [0, 0.05) is 70.1 Å². The summed E-state index contributed by atoms with van der Waals surface area (Å²) in [5.74, 6) is -0.683. The number of urea groups is 1. The Labute approximate surface area is 294 Å². The minimum atomic E-state index is -0.649. The van der Waals surface area contributed by atoms with Crippen LogP contribution in [0.4, 0.5) is 19.7 Å². The van der Waals surface area contributed by atoms with Crippen LogP contribution < -0.4 is 16.0 Å². The third-order valence-electron chi connectivity index (χ3n) is 8.17. The molecule has 2 aliphatic heterocycles. The Kier molecular flexibility index (Phi) is 17.8. The van der Waals surface area contributed by atoms with E-state index >= 15 is 0 Å². The first-order valence-electron chi connectivity index (χ1n) is 17.0. The fraction of sp³-hybridized carbons (Fsp3) is 0.727. The molecule has 278 valence electrons. The van der Waals surface area contributed by atoms with E-state index in [9.17, 15) is 18.8 Å². The lowest BCUT2D eigenvalue weighted by Crippen LogP contribution is -2.64. The van der Waals surface area contributed by atoms with Crippen LogP contribution in [0, 0.1) is 5.82 Å². The number of rotatable bonds is 18. The van der Waals surface area contributed by atoms with Gasteiger partial charge in [-0.3, -0.25) is 9.69 Å². The number of hydrogen-bond acceptors (Lipinski definition) is 10. The second kappa shape index (κ2) is 21.4. The number of ether oxygens (including phenoxy) is 5. The Morgan fingerprint density at radius 1 is 0.939 bits per heavy atom. The molecule has 2 fully saturated rings. The minimum Gasteiger partial charge on any atom is -0.449 e. The summed E-state index contributed by atoms with van der Waals surface area (Å²) in [4.78, 5) is 44.9. The second-order valence-corrected chi connectivity index (χ2v) is 13.1. The number of carbonyl (C=O) groups is 3. The maximum absolute atomic E-state index is 14.0. The standard InChI is InChI=1S/C33H54ClFN6O8/c1-5-45-16-17-47-20-21-48-19-18-46-15-10-37-32(44)49-14-8-26-23-39(30(42)29-24-40(11-9-36-29)33(2,3)4)12-13-41(26)31(43)38-25-6-7-27(34)28(35)22-25/h6-7,22,26,29,36H,5,8-21,23-24H2,1-4H3,(H,37,44)(H,38,43). The molecular weight excluding hydrogens is 663 g/mol. The van der Waals surface area contributed by atoms with E-state index in [1.54, 1.807) is 9.80 Å². The summed E-state index contributed by atoms with van der Waals surface area (Å²) in [6, 6.07) is 2.76. The van der Waals surface area contributed by atoms with Crippen molar-refractivity contribution in [3.63, 3.8) is 0 Å². The molecule has 1 aromatic rings. The number of hydrogen-bond donors (Lipinski definition) is 3. The predicted octanol–water partition coefficient (Wildman–Crippen LogP) is 2.80. The molecule has 2 unspecified atom stereocenters. The Bertz CT molecular complexity index is 1180. The number of nitrogens with one attached hydrogen (secondary N) is 3. The SMILES string of the molecule is CCOCCOCCOCCOCCNC(=O)OCCC1CN(C(=O)C2CN(C(C)(C)C)CCN2)CCN1C(=O)Nc1ccc(Cl)c(F)c1. The fourth-order valence-corrected chi connectivity index (χ4v) is 5.57. The molecule has 0 bridgehead atoms. The third-order valence-corrected chi connectivity index (χ3v) is 8.47. The predicted molar refractivity (Wildman–Crippen MR) is 184 cm³/mol. The quantitative estimate of drug-likeness (QED) is 0.194. The van der Waals surface area contributed by atoms with Crippen LogP contribution in [-0.4, -0.2) is 156 Å². The van der Waals surface area contributed by atoms with Gasteiger partial charge in [-0.25, -0.2) is 14.0 Å². The van der Waals surface area contributed by atoms with Gasteiger partial charge in [0.15, 0.2) is 0 Å². The van der Waals surface area contributed by atoms with Crippen molar-refractivity contribution in [2.24, 2.45) is 0 Å². The van der Waals surface area contributed by atoms with Crippen LogP contribution in [-0.2, 0) is 28.5 Å². The van der Waals surface area contributed by atoms with Crippen LogP contribution in [0.25, 0.3) is 0 Å². The molecule has 4 amide bonds. The van der Waals surface area contributed by atoms with Crippen molar-refractivity contribution in [3.8, 4) is 0 Å². The van der Waals surface area contributed by atoms with Crippen LogP contribution in [0.15, 0.2) is 18.2 Å². The van der Waals surface area contributed by atoms with Gasteiger partial charge in [0.1, 0.15) is 5.82 Å². The average Bonchev–Trinajstić information content (AvgIpc) is 3.07. The zero-order valence-electron chi connectivity index (χ0n) is 29.3. The summed E-state index contributed by atoms with van der Waals surface area (Å²) in [5, 5.41) is 8.66. The molecule has 3 N–H and O–H groups in total. The van der Waals surface area contributed by atoms with E-state index in [2.05, 4.69) is 41.6 Å². The van der Waals surface area contributed by atoms with E-state index in [1.165, 1.54) is 12.1 Å². The lowest BCUT2D eigenvalue weighted by Gasteiger charge is -2.45. The molecule has 0 saturated carbocycles. The largest absolute Gasteiger partial charge is 0.449 e. The van der Waals surface area contributed by atoms with Crippen LogP contribution in [0.2, 0.25) is 5.02 Å². The molecule has 0 aliphatic carbocycles. The van der Waals surface area contributed by atoms with Gasteiger partial charge in [0.05, 0.1) is 70.0 Å². The van der Waals surface area contributed by atoms with Gasteiger partial charge in [0.2, 0.25) is 5.91 Å². The highest BCUT2D eigenvalue weighted by atomic mass is 35.5. The molecule has 0 spiro atoms. The van der Waals surface area contributed by atoms with E-state index in [1.807, 2.05) is 6.92 Å². The molecule has 16 heteroatoms. The highest BCUT2D eigenvalue weighted by Crippen LogP contribution is 2.22. The molecule has 2 aliphatic rings. The Hall–Kier alpha value is -2.79. The highest BCUT2D eigenvalue weighted by Gasteiger charge is 2.38. The van der Waals surface area contributed by atoms with Gasteiger partial charge < -0.3 is 49.4 Å². The molecule has 2 saturated heterocycles. The number of benzene rings is 1. The fourth-order valence-electron chi connectivity index (χ4n) is 5.45. The van der Waals surface area contributed by atoms with E-state index in [0.717, 1.165) is 12.6 Å². The smallest absolute Gasteiger partial charge is 0.407 e. The summed E-state index contributed by atoms with van der Waals surface area (Å²) in [6.45, 7) is 15.3. The Morgan fingerprint density at radius 3 is 2.27 bits per heavy atom. The van der Waals surface area contributed by atoms with Crippen LogP contribution in [0.3, 0.4) is 0 Å². The number of alkyl carbamates (subject to hydrolysis) is 1. The normalized spacial score (nSPS) is 18.7. The van der Waals surface area contributed by atoms with E-state index in [0.29, 0.717) is 65.9 Å².